The molecule has 0 radical (unpaired) electrons. The van der Waals surface area contributed by atoms with E-state index < -0.39 is 28.7 Å². The number of hydrogen-bond donors (Lipinski definition) is 2. The first-order valence-electron chi connectivity index (χ1n) is 10.5. The number of nitrogens with one attached hydrogen (secondary N) is 2. The number of hydrogen-bond acceptors (Lipinski definition) is 5. The molecule has 3 aromatic heterocycles. The average molecular weight is 499 g/mol. The smallest absolute Gasteiger partial charge is 0.346 e. The summed E-state index contributed by atoms with van der Waals surface area (Å²) in [5.41, 5.74) is 0.284. The van der Waals surface area contributed by atoms with Gasteiger partial charge in [-0.2, -0.15) is 28.5 Å². The second-order valence-electron chi connectivity index (χ2n) is 8.08. The summed E-state index contributed by atoms with van der Waals surface area (Å²) in [6.45, 7) is 0.146. The largest absolute Gasteiger partial charge is 0.436 e. The molecule has 34 heavy (non-hydrogen) atoms. The summed E-state index contributed by atoms with van der Waals surface area (Å²) >= 11 is 5.96. The molecule has 0 aliphatic heterocycles. The fourth-order valence-corrected chi connectivity index (χ4v) is 4.00. The Morgan fingerprint density at radius 3 is 2.56 bits per heavy atom. The van der Waals surface area contributed by atoms with E-state index in [1.807, 2.05) is 0 Å². The Kier molecular flexibility index (Phi) is 6.39. The molecule has 1 fully saturated rings. The van der Waals surface area contributed by atoms with Crippen LogP contribution in [0, 0.1) is 0 Å². The molecule has 0 aromatic carbocycles. The lowest BCUT2D eigenvalue weighted by Crippen LogP contribution is -2.27. The molecule has 1 aliphatic rings. The fraction of sp³-hybridized carbons (Fsp3) is 0.450. The van der Waals surface area contributed by atoms with E-state index in [9.17, 15) is 22.8 Å². The number of nitrogens with zero attached hydrogens (tertiary/aromatic N) is 6. The summed E-state index contributed by atoms with van der Waals surface area (Å²) in [4.78, 5) is 25.2. The Balaban J connectivity index is 1.41. The SMILES string of the molecule is Cn1cc(CNC(=O)c2c(NC(=O)CCn3nc(C(F)(F)F)c(Cl)c3C3CC3)cnn2C)cn1. The highest BCUT2D eigenvalue weighted by molar-refractivity contribution is 6.32. The van der Waals surface area contributed by atoms with Crippen molar-refractivity contribution in [2.75, 3.05) is 5.32 Å². The minimum absolute atomic E-state index is 0.0870. The molecule has 0 saturated heterocycles. The molecule has 0 bridgehead atoms. The van der Waals surface area contributed by atoms with Crippen LogP contribution in [0.2, 0.25) is 5.02 Å². The van der Waals surface area contributed by atoms with E-state index in [0.717, 1.165) is 23.1 Å². The molecule has 1 aliphatic carbocycles. The van der Waals surface area contributed by atoms with Gasteiger partial charge in [-0.1, -0.05) is 11.6 Å². The predicted octanol–water partition coefficient (Wildman–Crippen LogP) is 2.86. The van der Waals surface area contributed by atoms with E-state index in [0.29, 0.717) is 5.69 Å². The lowest BCUT2D eigenvalue weighted by molar-refractivity contribution is -0.141. The second-order valence-corrected chi connectivity index (χ2v) is 8.45. The third kappa shape index (κ3) is 5.08. The van der Waals surface area contributed by atoms with Crippen molar-refractivity contribution in [1.29, 1.82) is 0 Å². The summed E-state index contributed by atoms with van der Waals surface area (Å²) < 4.78 is 43.7. The molecule has 2 amide bonds. The van der Waals surface area contributed by atoms with Crippen LogP contribution in [0.4, 0.5) is 18.9 Å². The zero-order valence-corrected chi connectivity index (χ0v) is 19.1. The molecule has 0 atom stereocenters. The summed E-state index contributed by atoms with van der Waals surface area (Å²) in [5.74, 6) is -1.05. The first-order valence-corrected chi connectivity index (χ1v) is 10.8. The van der Waals surface area contributed by atoms with Gasteiger partial charge in [-0.3, -0.25) is 23.6 Å². The average Bonchev–Trinajstić information content (AvgIpc) is 3.25. The highest BCUT2D eigenvalue weighted by Crippen LogP contribution is 2.46. The van der Waals surface area contributed by atoms with Crippen molar-refractivity contribution in [2.24, 2.45) is 14.1 Å². The van der Waals surface area contributed by atoms with Crippen molar-refractivity contribution in [2.45, 2.75) is 44.4 Å². The van der Waals surface area contributed by atoms with Gasteiger partial charge >= 0.3 is 6.18 Å². The first kappa shape index (κ1) is 23.8. The van der Waals surface area contributed by atoms with Crippen LogP contribution in [0.25, 0.3) is 0 Å². The van der Waals surface area contributed by atoms with Crippen LogP contribution in [0.1, 0.15) is 52.6 Å². The van der Waals surface area contributed by atoms with Crippen molar-refractivity contribution in [3.8, 4) is 0 Å². The number of anilines is 1. The van der Waals surface area contributed by atoms with Gasteiger partial charge in [0.1, 0.15) is 5.69 Å². The van der Waals surface area contributed by atoms with Gasteiger partial charge in [-0.25, -0.2) is 0 Å². The molecule has 0 spiro atoms. The molecule has 14 heteroatoms. The van der Waals surface area contributed by atoms with Crippen molar-refractivity contribution >= 4 is 29.1 Å². The lowest BCUT2D eigenvalue weighted by atomic mass is 10.2. The van der Waals surface area contributed by atoms with Crippen LogP contribution >= 0.6 is 11.6 Å². The minimum Gasteiger partial charge on any atom is -0.346 e. The Morgan fingerprint density at radius 2 is 1.94 bits per heavy atom. The molecule has 0 unspecified atom stereocenters. The van der Waals surface area contributed by atoms with Gasteiger partial charge in [-0.15, -0.1) is 0 Å². The number of aromatic nitrogens is 6. The Labute approximate surface area is 197 Å². The molecule has 182 valence electrons. The van der Waals surface area contributed by atoms with E-state index >= 15 is 0 Å². The number of halogens is 4. The monoisotopic (exact) mass is 498 g/mol. The van der Waals surface area contributed by atoms with Gasteiger partial charge in [0.2, 0.25) is 5.91 Å². The quantitative estimate of drug-likeness (QED) is 0.496. The molecule has 3 aromatic rings. The zero-order valence-electron chi connectivity index (χ0n) is 18.4. The third-order valence-corrected chi connectivity index (χ3v) is 5.73. The predicted molar refractivity (Wildman–Crippen MR) is 115 cm³/mol. The fourth-order valence-electron chi connectivity index (χ4n) is 3.60. The van der Waals surface area contributed by atoms with Crippen molar-refractivity contribution < 1.29 is 22.8 Å². The van der Waals surface area contributed by atoms with Gasteiger partial charge in [0, 0.05) is 44.7 Å². The van der Waals surface area contributed by atoms with Crippen LogP contribution in [0.5, 0.6) is 0 Å². The molecule has 2 N–H and O–H groups in total. The highest BCUT2D eigenvalue weighted by Gasteiger charge is 2.42. The van der Waals surface area contributed by atoms with E-state index in [1.54, 1.807) is 31.2 Å². The maximum atomic E-state index is 13.2. The third-order valence-electron chi connectivity index (χ3n) is 5.35. The number of carbonyl (C=O) groups is 2. The first-order chi connectivity index (χ1) is 16.0. The molecular formula is C20H22ClF3N8O2. The number of carbonyl (C=O) groups excluding carboxylic acids is 2. The van der Waals surface area contributed by atoms with Crippen LogP contribution in [0.15, 0.2) is 18.6 Å². The summed E-state index contributed by atoms with van der Waals surface area (Å²) in [5, 5.41) is 16.6. The van der Waals surface area contributed by atoms with E-state index in [4.69, 9.17) is 11.6 Å². The maximum absolute atomic E-state index is 13.2. The van der Waals surface area contributed by atoms with E-state index in [2.05, 4.69) is 25.9 Å². The second kappa shape index (κ2) is 9.12. The van der Waals surface area contributed by atoms with Gasteiger partial charge in [0.25, 0.3) is 5.91 Å². The van der Waals surface area contributed by atoms with Crippen LogP contribution in [-0.2, 0) is 38.2 Å². The van der Waals surface area contributed by atoms with Crippen molar-refractivity contribution in [1.82, 2.24) is 34.7 Å². The van der Waals surface area contributed by atoms with Crippen LogP contribution in [0.3, 0.4) is 0 Å². The Hall–Kier alpha value is -3.35. The highest BCUT2D eigenvalue weighted by atomic mass is 35.5. The van der Waals surface area contributed by atoms with Crippen molar-refractivity contribution in [3.05, 3.63) is 46.3 Å². The number of aryl methyl sites for hydroxylation is 3. The van der Waals surface area contributed by atoms with Crippen LogP contribution in [-0.4, -0.2) is 41.2 Å². The summed E-state index contributed by atoms with van der Waals surface area (Å²) in [6, 6.07) is 0. The topological polar surface area (TPSA) is 112 Å². The number of amides is 2. The Bertz CT molecular complexity index is 1230. The van der Waals surface area contributed by atoms with Crippen molar-refractivity contribution in [3.63, 3.8) is 0 Å². The summed E-state index contributed by atoms with van der Waals surface area (Å²) in [7, 11) is 3.32. The van der Waals surface area contributed by atoms with Gasteiger partial charge in [0.15, 0.2) is 5.69 Å². The number of alkyl halides is 3. The normalized spacial score (nSPS) is 13.8. The summed E-state index contributed by atoms with van der Waals surface area (Å²) in [6.07, 6.45) is 1.31. The molecule has 1 saturated carbocycles. The number of rotatable bonds is 8. The maximum Gasteiger partial charge on any atom is 0.436 e. The molecule has 3 heterocycles. The zero-order chi connectivity index (χ0) is 24.6. The van der Waals surface area contributed by atoms with E-state index in [-0.39, 0.29) is 36.8 Å². The van der Waals surface area contributed by atoms with Gasteiger partial charge in [-0.05, 0) is 12.8 Å². The standard InChI is InChI=1S/C20H22ClF3N8O2/c1-30-10-11(8-26-30)7-25-19(34)17-13(9-27-31(17)2)28-14(33)5-6-32-16(12-3-4-12)15(21)18(29-32)20(22,23)24/h8-10,12H,3-7H2,1-2H3,(H,25,34)(H,28,33). The minimum atomic E-state index is -4.68. The molecular weight excluding hydrogens is 477 g/mol. The molecule has 4 rings (SSSR count). The van der Waals surface area contributed by atoms with Crippen LogP contribution < -0.4 is 10.6 Å². The lowest BCUT2D eigenvalue weighted by Gasteiger charge is -2.10. The van der Waals surface area contributed by atoms with Gasteiger partial charge in [0.05, 0.1) is 35.3 Å². The Morgan fingerprint density at radius 1 is 1.21 bits per heavy atom. The van der Waals surface area contributed by atoms with Gasteiger partial charge < -0.3 is 10.6 Å². The molecule has 10 nitrogen and oxygen atoms in total. The van der Waals surface area contributed by atoms with E-state index in [1.165, 1.54) is 10.9 Å².